The van der Waals surface area contributed by atoms with Gasteiger partial charge in [0.05, 0.1) is 24.1 Å². The molecule has 3 rings (SSSR count). The van der Waals surface area contributed by atoms with E-state index in [-0.39, 0.29) is 5.75 Å². The van der Waals surface area contributed by atoms with Gasteiger partial charge >= 0.3 is 0 Å². The molecule has 0 N–H and O–H groups in total. The second kappa shape index (κ2) is 8.35. The average molecular weight is 377 g/mol. The summed E-state index contributed by atoms with van der Waals surface area (Å²) >= 11 is 0. The smallest absolute Gasteiger partial charge is 0.214 e. The fraction of sp³-hybridized carbons (Fsp3) is 0.550. The first-order valence-electron chi connectivity index (χ1n) is 9.44. The lowest BCUT2D eigenvalue weighted by atomic mass is 9.97. The molecule has 6 heteroatoms. The Bertz CT molecular complexity index is 776. The van der Waals surface area contributed by atoms with Crippen molar-refractivity contribution in [3.8, 4) is 5.75 Å². The van der Waals surface area contributed by atoms with Crippen LogP contribution in [0.2, 0.25) is 0 Å². The summed E-state index contributed by atoms with van der Waals surface area (Å²) in [7, 11) is -1.49. The van der Waals surface area contributed by atoms with E-state index in [2.05, 4.69) is 4.99 Å². The minimum Gasteiger partial charge on any atom is -0.490 e. The lowest BCUT2D eigenvalue weighted by Gasteiger charge is -2.27. The summed E-state index contributed by atoms with van der Waals surface area (Å²) in [5.74, 6) is 1.02. The Balaban J connectivity index is 1.73. The Morgan fingerprint density at radius 3 is 2.46 bits per heavy atom. The molecule has 0 unspecified atom stereocenters. The molecule has 0 saturated heterocycles. The molecule has 0 atom stereocenters. The van der Waals surface area contributed by atoms with Crippen molar-refractivity contribution in [3.63, 3.8) is 0 Å². The maximum Gasteiger partial charge on any atom is 0.214 e. The van der Waals surface area contributed by atoms with Crippen LogP contribution in [0.3, 0.4) is 0 Å². The van der Waals surface area contributed by atoms with Gasteiger partial charge in [-0.25, -0.2) is 8.42 Å². The zero-order chi connectivity index (χ0) is 18.6. The van der Waals surface area contributed by atoms with Crippen LogP contribution in [-0.2, 0) is 10.0 Å². The molecule has 1 aromatic carbocycles. The van der Waals surface area contributed by atoms with Crippen LogP contribution in [0.15, 0.2) is 35.3 Å². The molecule has 1 saturated carbocycles. The Hall–Kier alpha value is -1.66. The number of hydrogen-bond donors (Lipinski definition) is 0. The molecular formula is C20H28N2O3S. The largest absolute Gasteiger partial charge is 0.490 e. The Labute approximate surface area is 156 Å². The molecule has 1 aliphatic carbocycles. The Morgan fingerprint density at radius 2 is 1.85 bits per heavy atom. The fourth-order valence-electron chi connectivity index (χ4n) is 3.59. The SMILES string of the molecule is CCS(=O)(=O)N1CC=C(c2ccc(OC3CCCCC3)cc2)C(=NC)C1. The third-order valence-electron chi connectivity index (χ3n) is 5.18. The summed E-state index contributed by atoms with van der Waals surface area (Å²) in [6.07, 6.45) is 8.39. The number of rotatable bonds is 5. The van der Waals surface area contributed by atoms with Crippen molar-refractivity contribution in [3.05, 3.63) is 35.9 Å². The van der Waals surface area contributed by atoms with E-state index < -0.39 is 10.0 Å². The molecule has 0 bridgehead atoms. The number of ether oxygens (including phenoxy) is 1. The molecule has 1 aromatic rings. The van der Waals surface area contributed by atoms with E-state index in [1.807, 2.05) is 30.3 Å². The summed E-state index contributed by atoms with van der Waals surface area (Å²) in [6.45, 7) is 2.39. The average Bonchev–Trinajstić information content (AvgIpc) is 2.69. The fourth-order valence-corrected chi connectivity index (χ4v) is 4.57. The van der Waals surface area contributed by atoms with Crippen LogP contribution in [0.5, 0.6) is 5.75 Å². The van der Waals surface area contributed by atoms with Gasteiger partial charge in [0.25, 0.3) is 0 Å². The van der Waals surface area contributed by atoms with Crippen LogP contribution in [0.25, 0.3) is 5.57 Å². The van der Waals surface area contributed by atoms with Crippen molar-refractivity contribution in [2.45, 2.75) is 45.1 Å². The lowest BCUT2D eigenvalue weighted by molar-refractivity contribution is 0.155. The number of benzene rings is 1. The first-order valence-corrected chi connectivity index (χ1v) is 11.1. The maximum absolute atomic E-state index is 12.1. The summed E-state index contributed by atoms with van der Waals surface area (Å²) in [5, 5.41) is 0. The standard InChI is InChI=1S/C20H28N2O3S/c1-3-26(23,24)22-14-13-19(20(15-22)21-2)16-9-11-18(12-10-16)25-17-7-5-4-6-8-17/h9-13,17H,3-8,14-15H2,1-2H3. The zero-order valence-corrected chi connectivity index (χ0v) is 16.5. The van der Waals surface area contributed by atoms with Gasteiger partial charge in [-0.1, -0.05) is 24.6 Å². The number of sulfonamides is 1. The second-order valence-corrected chi connectivity index (χ2v) is 9.14. The van der Waals surface area contributed by atoms with E-state index in [9.17, 15) is 8.42 Å². The van der Waals surface area contributed by atoms with Gasteiger partial charge in [0.15, 0.2) is 0 Å². The van der Waals surface area contributed by atoms with Crippen LogP contribution >= 0.6 is 0 Å². The highest BCUT2D eigenvalue weighted by molar-refractivity contribution is 7.89. The highest BCUT2D eigenvalue weighted by Crippen LogP contribution is 2.27. The van der Waals surface area contributed by atoms with Crippen molar-refractivity contribution >= 4 is 21.3 Å². The maximum atomic E-state index is 12.1. The third kappa shape index (κ3) is 4.35. The van der Waals surface area contributed by atoms with E-state index in [4.69, 9.17) is 4.74 Å². The second-order valence-electron chi connectivity index (χ2n) is 6.88. The van der Waals surface area contributed by atoms with Gasteiger partial charge in [-0.05, 0) is 50.3 Å². The molecular weight excluding hydrogens is 348 g/mol. The number of nitrogens with zero attached hydrogens (tertiary/aromatic N) is 2. The van der Waals surface area contributed by atoms with Gasteiger partial charge in [-0.3, -0.25) is 4.99 Å². The van der Waals surface area contributed by atoms with Crippen LogP contribution < -0.4 is 4.74 Å². The van der Waals surface area contributed by atoms with Crippen LogP contribution in [0.4, 0.5) is 0 Å². The predicted molar refractivity (Wildman–Crippen MR) is 106 cm³/mol. The molecule has 0 aromatic heterocycles. The van der Waals surface area contributed by atoms with E-state index >= 15 is 0 Å². The van der Waals surface area contributed by atoms with Gasteiger partial charge in [0, 0.05) is 19.2 Å². The van der Waals surface area contributed by atoms with E-state index in [0.717, 1.165) is 35.4 Å². The summed E-state index contributed by atoms with van der Waals surface area (Å²) in [6, 6.07) is 8.10. The third-order valence-corrected chi connectivity index (χ3v) is 6.98. The Morgan fingerprint density at radius 1 is 1.15 bits per heavy atom. The molecule has 5 nitrogen and oxygen atoms in total. The zero-order valence-electron chi connectivity index (χ0n) is 15.6. The summed E-state index contributed by atoms with van der Waals surface area (Å²) < 4.78 is 31.8. The molecule has 0 radical (unpaired) electrons. The highest BCUT2D eigenvalue weighted by Gasteiger charge is 2.26. The van der Waals surface area contributed by atoms with Gasteiger partial charge in [0.2, 0.25) is 10.0 Å². The summed E-state index contributed by atoms with van der Waals surface area (Å²) in [4.78, 5) is 4.33. The molecule has 1 fully saturated rings. The first kappa shape index (κ1) is 19.1. The Kier molecular flexibility index (Phi) is 6.14. The molecule has 1 heterocycles. The highest BCUT2D eigenvalue weighted by atomic mass is 32.2. The van der Waals surface area contributed by atoms with Crippen LogP contribution in [0, 0.1) is 0 Å². The van der Waals surface area contributed by atoms with Gasteiger partial charge in [-0.2, -0.15) is 4.31 Å². The number of hydrogen-bond acceptors (Lipinski definition) is 4. The van der Waals surface area contributed by atoms with E-state index in [1.54, 1.807) is 14.0 Å². The van der Waals surface area contributed by atoms with Crippen molar-refractivity contribution in [1.82, 2.24) is 4.31 Å². The van der Waals surface area contributed by atoms with Crippen molar-refractivity contribution < 1.29 is 13.2 Å². The topological polar surface area (TPSA) is 59.0 Å². The number of aliphatic imine (C=N–C) groups is 1. The molecule has 0 amide bonds. The molecule has 142 valence electrons. The molecule has 0 spiro atoms. The normalized spacial score (nSPS) is 21.6. The van der Waals surface area contributed by atoms with Crippen LogP contribution in [0.1, 0.15) is 44.6 Å². The first-order chi connectivity index (χ1) is 12.5. The van der Waals surface area contributed by atoms with Gasteiger partial charge in [0.1, 0.15) is 5.75 Å². The predicted octanol–water partition coefficient (Wildman–Crippen LogP) is 3.52. The van der Waals surface area contributed by atoms with Gasteiger partial charge < -0.3 is 4.74 Å². The molecule has 2 aliphatic rings. The van der Waals surface area contributed by atoms with Crippen molar-refractivity contribution in [1.29, 1.82) is 0 Å². The molecule has 26 heavy (non-hydrogen) atoms. The summed E-state index contributed by atoms with van der Waals surface area (Å²) in [5.41, 5.74) is 2.86. The quantitative estimate of drug-likeness (QED) is 0.790. The minimum atomic E-state index is -3.21. The van der Waals surface area contributed by atoms with E-state index in [1.165, 1.54) is 23.6 Å². The van der Waals surface area contributed by atoms with Crippen molar-refractivity contribution in [2.75, 3.05) is 25.9 Å². The van der Waals surface area contributed by atoms with Crippen molar-refractivity contribution in [2.24, 2.45) is 4.99 Å². The lowest BCUT2D eigenvalue weighted by Crippen LogP contribution is -2.40. The minimum absolute atomic E-state index is 0.111. The monoisotopic (exact) mass is 376 g/mol. The molecule has 1 aliphatic heterocycles. The van der Waals surface area contributed by atoms with E-state index in [0.29, 0.717) is 19.2 Å². The van der Waals surface area contributed by atoms with Gasteiger partial charge in [-0.15, -0.1) is 0 Å². The van der Waals surface area contributed by atoms with Crippen LogP contribution in [-0.4, -0.2) is 50.4 Å².